The van der Waals surface area contributed by atoms with Gasteiger partial charge >= 0.3 is 0 Å². The van der Waals surface area contributed by atoms with Gasteiger partial charge in [-0.15, -0.1) is 0 Å². The van der Waals surface area contributed by atoms with Crippen LogP contribution in [0.4, 0.5) is 10.3 Å². The molecule has 2 N–H and O–H groups in total. The van der Waals surface area contributed by atoms with Crippen molar-refractivity contribution in [2.75, 3.05) is 5.73 Å². The number of anilines is 1. The highest BCUT2D eigenvalue weighted by Gasteiger charge is 2.12. The molecule has 3 aromatic rings. The predicted octanol–water partition coefficient (Wildman–Crippen LogP) is 3.36. The molecule has 0 aliphatic rings. The Morgan fingerprint density at radius 3 is 2.63 bits per heavy atom. The lowest BCUT2D eigenvalue weighted by atomic mass is 10.1. The zero-order chi connectivity index (χ0) is 13.6. The molecule has 19 heavy (non-hydrogen) atoms. The van der Waals surface area contributed by atoms with E-state index < -0.39 is 0 Å². The van der Waals surface area contributed by atoms with Crippen LogP contribution in [0, 0.1) is 19.7 Å². The van der Waals surface area contributed by atoms with Crippen molar-refractivity contribution in [1.82, 2.24) is 9.55 Å². The highest BCUT2D eigenvalue weighted by Crippen LogP contribution is 2.26. The number of rotatable bonds is 1. The van der Waals surface area contributed by atoms with E-state index in [2.05, 4.69) is 4.98 Å². The first-order chi connectivity index (χ1) is 9.06. The molecule has 0 aliphatic carbocycles. The molecule has 0 spiro atoms. The van der Waals surface area contributed by atoms with E-state index in [1.54, 1.807) is 6.07 Å². The van der Waals surface area contributed by atoms with Gasteiger partial charge < -0.3 is 5.73 Å². The molecule has 0 amide bonds. The van der Waals surface area contributed by atoms with Crippen LogP contribution < -0.4 is 5.73 Å². The summed E-state index contributed by atoms with van der Waals surface area (Å²) in [4.78, 5) is 4.36. The van der Waals surface area contributed by atoms with Gasteiger partial charge in [0.05, 0.1) is 16.7 Å². The van der Waals surface area contributed by atoms with E-state index in [9.17, 15) is 4.39 Å². The van der Waals surface area contributed by atoms with E-state index in [1.165, 1.54) is 12.1 Å². The average Bonchev–Trinajstić information content (AvgIpc) is 2.65. The van der Waals surface area contributed by atoms with Crippen molar-refractivity contribution >= 4 is 17.0 Å². The molecule has 0 fully saturated rings. The van der Waals surface area contributed by atoms with Crippen LogP contribution in [-0.2, 0) is 0 Å². The van der Waals surface area contributed by atoms with Gasteiger partial charge in [0, 0.05) is 0 Å². The van der Waals surface area contributed by atoms with Crippen LogP contribution >= 0.6 is 0 Å². The Morgan fingerprint density at radius 2 is 1.89 bits per heavy atom. The summed E-state index contributed by atoms with van der Waals surface area (Å²) in [7, 11) is 0. The summed E-state index contributed by atoms with van der Waals surface area (Å²) >= 11 is 0. The largest absolute Gasteiger partial charge is 0.369 e. The molecule has 0 saturated carbocycles. The van der Waals surface area contributed by atoms with Gasteiger partial charge in [0.15, 0.2) is 0 Å². The summed E-state index contributed by atoms with van der Waals surface area (Å²) in [6, 6.07) is 10.6. The summed E-state index contributed by atoms with van der Waals surface area (Å²) in [5.41, 5.74) is 10.6. The quantitative estimate of drug-likeness (QED) is 0.724. The number of nitrogens with two attached hydrogens (primary N) is 1. The molecule has 0 radical (unpaired) electrons. The molecular weight excluding hydrogens is 241 g/mol. The van der Waals surface area contributed by atoms with Crippen molar-refractivity contribution in [1.29, 1.82) is 0 Å². The number of fused-ring (bicyclic) bond motifs is 1. The van der Waals surface area contributed by atoms with Crippen LogP contribution in [0.2, 0.25) is 0 Å². The molecule has 1 aromatic heterocycles. The molecule has 0 saturated heterocycles. The summed E-state index contributed by atoms with van der Waals surface area (Å²) in [6.07, 6.45) is 0. The van der Waals surface area contributed by atoms with E-state index in [1.807, 2.05) is 36.6 Å². The second-order valence-electron chi connectivity index (χ2n) is 4.73. The summed E-state index contributed by atoms with van der Waals surface area (Å²) in [6.45, 7) is 3.87. The predicted molar refractivity (Wildman–Crippen MR) is 74.9 cm³/mol. The Labute approximate surface area is 110 Å². The molecule has 4 heteroatoms. The third-order valence-corrected chi connectivity index (χ3v) is 3.24. The maximum absolute atomic E-state index is 13.2. The van der Waals surface area contributed by atoms with Gasteiger partial charge in [0.1, 0.15) is 5.82 Å². The molecule has 3 nitrogen and oxygen atoms in total. The Balaban J connectivity index is 2.33. The first-order valence-electron chi connectivity index (χ1n) is 6.07. The Bertz CT molecular complexity index is 774. The van der Waals surface area contributed by atoms with Gasteiger partial charge in [-0.1, -0.05) is 6.07 Å². The number of aromatic nitrogens is 2. The molecule has 3 rings (SSSR count). The number of aryl methyl sites for hydroxylation is 2. The summed E-state index contributed by atoms with van der Waals surface area (Å²) in [5, 5.41) is 0. The lowest BCUT2D eigenvalue weighted by Crippen LogP contribution is -2.02. The second-order valence-corrected chi connectivity index (χ2v) is 4.73. The minimum absolute atomic E-state index is 0.250. The van der Waals surface area contributed by atoms with Crippen LogP contribution in [0.3, 0.4) is 0 Å². The molecule has 2 aromatic carbocycles. The Morgan fingerprint density at radius 1 is 1.11 bits per heavy atom. The van der Waals surface area contributed by atoms with Crippen LogP contribution in [0.25, 0.3) is 16.7 Å². The number of nitrogen functional groups attached to an aromatic ring is 1. The molecule has 0 bridgehead atoms. The number of hydrogen-bond acceptors (Lipinski definition) is 2. The van der Waals surface area contributed by atoms with Crippen molar-refractivity contribution in [3.8, 4) is 5.69 Å². The topological polar surface area (TPSA) is 43.8 Å². The molecule has 0 unspecified atom stereocenters. The minimum atomic E-state index is -0.250. The Hall–Kier alpha value is -2.36. The monoisotopic (exact) mass is 255 g/mol. The maximum atomic E-state index is 13.2. The fourth-order valence-corrected chi connectivity index (χ4v) is 2.33. The fraction of sp³-hybridized carbons (Fsp3) is 0.133. The van der Waals surface area contributed by atoms with Crippen LogP contribution in [0.5, 0.6) is 0 Å². The fourth-order valence-electron chi connectivity index (χ4n) is 2.33. The summed E-state index contributed by atoms with van der Waals surface area (Å²) < 4.78 is 15.1. The van der Waals surface area contributed by atoms with E-state index in [0.717, 1.165) is 27.8 Å². The standard InChI is InChI=1S/C15H14FN3/c1-9-3-5-14-12(7-9)18-15(17)19(14)13-6-4-11(16)8-10(13)2/h3-8H,1-2H3,(H2,17,18). The van der Waals surface area contributed by atoms with Crippen molar-refractivity contribution in [2.24, 2.45) is 0 Å². The first kappa shape index (κ1) is 11.7. The number of nitrogens with zero attached hydrogens (tertiary/aromatic N) is 2. The van der Waals surface area contributed by atoms with E-state index in [-0.39, 0.29) is 5.82 Å². The van der Waals surface area contributed by atoms with Gasteiger partial charge in [0.2, 0.25) is 5.95 Å². The van der Waals surface area contributed by atoms with E-state index in [0.29, 0.717) is 5.95 Å². The second kappa shape index (κ2) is 4.09. The lowest BCUT2D eigenvalue weighted by Gasteiger charge is -2.10. The molecule has 96 valence electrons. The van der Waals surface area contributed by atoms with E-state index in [4.69, 9.17) is 5.73 Å². The zero-order valence-electron chi connectivity index (χ0n) is 10.8. The number of benzene rings is 2. The van der Waals surface area contributed by atoms with Crippen molar-refractivity contribution in [2.45, 2.75) is 13.8 Å². The lowest BCUT2D eigenvalue weighted by molar-refractivity contribution is 0.626. The first-order valence-corrected chi connectivity index (χ1v) is 6.07. The third-order valence-electron chi connectivity index (χ3n) is 3.24. The highest BCUT2D eigenvalue weighted by molar-refractivity contribution is 5.81. The minimum Gasteiger partial charge on any atom is -0.369 e. The zero-order valence-corrected chi connectivity index (χ0v) is 10.8. The van der Waals surface area contributed by atoms with Gasteiger partial charge in [-0.3, -0.25) is 4.57 Å². The van der Waals surface area contributed by atoms with Crippen LogP contribution in [-0.4, -0.2) is 9.55 Å². The van der Waals surface area contributed by atoms with Crippen LogP contribution in [0.1, 0.15) is 11.1 Å². The molecule has 1 heterocycles. The molecular formula is C15H14FN3. The van der Waals surface area contributed by atoms with Crippen molar-refractivity contribution in [3.05, 3.63) is 53.3 Å². The van der Waals surface area contributed by atoms with Gasteiger partial charge in [-0.05, 0) is 55.3 Å². The average molecular weight is 255 g/mol. The van der Waals surface area contributed by atoms with E-state index >= 15 is 0 Å². The number of halogens is 1. The molecule has 0 aliphatic heterocycles. The summed E-state index contributed by atoms with van der Waals surface area (Å²) in [5.74, 6) is 0.162. The van der Waals surface area contributed by atoms with Gasteiger partial charge in [0.25, 0.3) is 0 Å². The number of hydrogen-bond donors (Lipinski definition) is 1. The SMILES string of the molecule is Cc1ccc2c(c1)nc(N)n2-c1ccc(F)cc1C. The number of imidazole rings is 1. The Kier molecular flexibility index (Phi) is 2.52. The normalized spacial score (nSPS) is 11.1. The highest BCUT2D eigenvalue weighted by atomic mass is 19.1. The van der Waals surface area contributed by atoms with Gasteiger partial charge in [-0.2, -0.15) is 0 Å². The molecule has 0 atom stereocenters. The van der Waals surface area contributed by atoms with Crippen LogP contribution in [0.15, 0.2) is 36.4 Å². The maximum Gasteiger partial charge on any atom is 0.205 e. The van der Waals surface area contributed by atoms with Crippen molar-refractivity contribution < 1.29 is 4.39 Å². The van der Waals surface area contributed by atoms with Gasteiger partial charge in [-0.25, -0.2) is 9.37 Å². The van der Waals surface area contributed by atoms with Crippen molar-refractivity contribution in [3.63, 3.8) is 0 Å². The third kappa shape index (κ3) is 1.85. The smallest absolute Gasteiger partial charge is 0.205 e.